The van der Waals surface area contributed by atoms with E-state index in [0.717, 1.165) is 0 Å². The zero-order valence-electron chi connectivity index (χ0n) is 10.3. The lowest BCUT2D eigenvalue weighted by Crippen LogP contribution is -2.22. The first-order chi connectivity index (χ1) is 9.66. The van der Waals surface area contributed by atoms with Gasteiger partial charge in [-0.1, -0.05) is 24.4 Å². The van der Waals surface area contributed by atoms with Crippen LogP contribution in [0, 0.1) is 0 Å². The first-order valence-corrected chi connectivity index (χ1v) is 6.03. The number of nitrogens with two attached hydrogens (primary N) is 1. The van der Waals surface area contributed by atoms with E-state index in [4.69, 9.17) is 22.7 Å². The highest BCUT2D eigenvalue weighted by Crippen LogP contribution is 2.17. The second-order valence-electron chi connectivity index (χ2n) is 3.66. The normalized spacial score (nSPS) is 9.80. The monoisotopic (exact) mass is 289 g/mol. The highest BCUT2D eigenvalue weighted by molar-refractivity contribution is 7.80. The maximum atomic E-state index is 11.7. The molecule has 1 amide bonds. The summed E-state index contributed by atoms with van der Waals surface area (Å²) in [5, 5.41) is 9.67. The highest BCUT2D eigenvalue weighted by Gasteiger charge is 2.09. The molecule has 0 atom stereocenters. The molecule has 20 heavy (non-hydrogen) atoms. The van der Waals surface area contributed by atoms with E-state index in [1.807, 2.05) is 0 Å². The van der Waals surface area contributed by atoms with Crippen molar-refractivity contribution in [3.8, 4) is 5.75 Å². The van der Waals surface area contributed by atoms with E-state index in [1.54, 1.807) is 24.3 Å². The molecule has 2 aromatic rings. The molecule has 1 aromatic carbocycles. The number of nitrogens with zero attached hydrogens (tertiary/aromatic N) is 3. The summed E-state index contributed by atoms with van der Waals surface area (Å²) in [6.07, 6.45) is 2.83. The third kappa shape index (κ3) is 3.69. The fourth-order valence-electron chi connectivity index (χ4n) is 1.41. The van der Waals surface area contributed by atoms with Gasteiger partial charge >= 0.3 is 0 Å². The SMILES string of the molecule is NC(=S)c1ccccc1OCC(=O)Nc1nccnn1. The Morgan fingerprint density at radius 1 is 1.35 bits per heavy atom. The Bertz CT molecular complexity index is 620. The fraction of sp³-hybridized carbons (Fsp3) is 0.0833. The molecule has 0 unspecified atom stereocenters. The van der Waals surface area contributed by atoms with Gasteiger partial charge in [0.05, 0.1) is 18.0 Å². The largest absolute Gasteiger partial charge is 0.483 e. The van der Waals surface area contributed by atoms with Crippen molar-refractivity contribution >= 4 is 29.1 Å². The first-order valence-electron chi connectivity index (χ1n) is 5.62. The number of hydrogen-bond donors (Lipinski definition) is 2. The number of rotatable bonds is 5. The number of aromatic nitrogens is 3. The van der Waals surface area contributed by atoms with Crippen LogP contribution in [-0.4, -0.2) is 32.7 Å². The molecule has 0 bridgehead atoms. The predicted molar refractivity (Wildman–Crippen MR) is 76.3 cm³/mol. The molecule has 8 heteroatoms. The van der Waals surface area contributed by atoms with Crippen molar-refractivity contribution in [2.45, 2.75) is 0 Å². The number of ether oxygens (including phenoxy) is 1. The standard InChI is InChI=1S/C12H11N5O2S/c13-11(20)8-3-1-2-4-9(8)19-7-10(18)16-12-14-5-6-15-17-12/h1-6H,7H2,(H2,13,20)(H,14,16,17,18). The Kier molecular flexibility index (Phi) is 4.51. The van der Waals surface area contributed by atoms with Gasteiger partial charge in [-0.25, -0.2) is 4.98 Å². The molecule has 102 valence electrons. The van der Waals surface area contributed by atoms with Gasteiger partial charge in [-0.2, -0.15) is 5.10 Å². The Hall–Kier alpha value is -2.61. The van der Waals surface area contributed by atoms with Crippen LogP contribution in [0.4, 0.5) is 5.95 Å². The zero-order chi connectivity index (χ0) is 14.4. The van der Waals surface area contributed by atoms with Gasteiger partial charge in [0.2, 0.25) is 5.95 Å². The Balaban J connectivity index is 1.96. The smallest absolute Gasteiger partial charge is 0.264 e. The molecule has 0 saturated carbocycles. The van der Waals surface area contributed by atoms with Gasteiger partial charge in [-0.3, -0.25) is 10.1 Å². The number of thiocarbonyl (C=S) groups is 1. The van der Waals surface area contributed by atoms with Gasteiger partial charge in [0.25, 0.3) is 5.91 Å². The van der Waals surface area contributed by atoms with Crippen molar-refractivity contribution in [3.63, 3.8) is 0 Å². The van der Waals surface area contributed by atoms with Crippen LogP contribution in [0.2, 0.25) is 0 Å². The van der Waals surface area contributed by atoms with Gasteiger partial charge < -0.3 is 10.5 Å². The molecule has 7 nitrogen and oxygen atoms in total. The lowest BCUT2D eigenvalue weighted by Gasteiger charge is -2.09. The molecule has 3 N–H and O–H groups in total. The molecule has 0 saturated heterocycles. The molecule has 0 spiro atoms. The van der Waals surface area contributed by atoms with Crippen LogP contribution >= 0.6 is 12.2 Å². The van der Waals surface area contributed by atoms with Gasteiger partial charge in [0.15, 0.2) is 6.61 Å². The van der Waals surface area contributed by atoms with E-state index in [9.17, 15) is 4.79 Å². The van der Waals surface area contributed by atoms with Crippen LogP contribution < -0.4 is 15.8 Å². The Morgan fingerprint density at radius 2 is 2.15 bits per heavy atom. The minimum atomic E-state index is -0.407. The number of anilines is 1. The summed E-state index contributed by atoms with van der Waals surface area (Å²) in [4.78, 5) is 15.7. The quantitative estimate of drug-likeness (QED) is 0.773. The fourth-order valence-corrected chi connectivity index (χ4v) is 1.57. The number of carbonyl (C=O) groups excluding carboxylic acids is 1. The van der Waals surface area contributed by atoms with E-state index in [-0.39, 0.29) is 17.5 Å². The lowest BCUT2D eigenvalue weighted by atomic mass is 10.2. The second-order valence-corrected chi connectivity index (χ2v) is 4.10. The molecule has 1 aromatic heterocycles. The maximum absolute atomic E-state index is 11.7. The zero-order valence-corrected chi connectivity index (χ0v) is 11.1. The molecule has 0 fully saturated rings. The summed E-state index contributed by atoms with van der Waals surface area (Å²) in [5.41, 5.74) is 6.14. The van der Waals surface area contributed by atoms with Crippen LogP contribution in [-0.2, 0) is 4.79 Å². The topological polar surface area (TPSA) is 103 Å². The summed E-state index contributed by atoms with van der Waals surface area (Å²) >= 11 is 4.90. The van der Waals surface area contributed by atoms with Crippen molar-refractivity contribution in [3.05, 3.63) is 42.2 Å². The van der Waals surface area contributed by atoms with E-state index in [2.05, 4.69) is 20.5 Å². The number of hydrogen-bond acceptors (Lipinski definition) is 6. The Labute approximate surface area is 120 Å². The van der Waals surface area contributed by atoms with Gasteiger partial charge in [0.1, 0.15) is 10.7 Å². The highest BCUT2D eigenvalue weighted by atomic mass is 32.1. The van der Waals surface area contributed by atoms with Gasteiger partial charge in [-0.05, 0) is 12.1 Å². The van der Waals surface area contributed by atoms with Crippen LogP contribution in [0.25, 0.3) is 0 Å². The van der Waals surface area contributed by atoms with Crippen molar-refractivity contribution < 1.29 is 9.53 Å². The van der Waals surface area contributed by atoms with Gasteiger partial charge in [0, 0.05) is 0 Å². The van der Waals surface area contributed by atoms with E-state index >= 15 is 0 Å². The van der Waals surface area contributed by atoms with E-state index in [1.165, 1.54) is 12.4 Å². The molecule has 0 aliphatic heterocycles. The second kappa shape index (κ2) is 6.53. The van der Waals surface area contributed by atoms with Crippen LogP contribution in [0.3, 0.4) is 0 Å². The van der Waals surface area contributed by atoms with Crippen molar-refractivity contribution in [1.29, 1.82) is 0 Å². The average Bonchev–Trinajstić information content (AvgIpc) is 2.46. The summed E-state index contributed by atoms with van der Waals surface area (Å²) < 4.78 is 5.38. The van der Waals surface area contributed by atoms with Crippen molar-refractivity contribution in [1.82, 2.24) is 15.2 Å². The summed E-state index contributed by atoms with van der Waals surface area (Å²) in [7, 11) is 0. The molecule has 0 radical (unpaired) electrons. The summed E-state index contributed by atoms with van der Waals surface area (Å²) in [5.74, 6) is 0.154. The van der Waals surface area contributed by atoms with Crippen LogP contribution in [0.5, 0.6) is 5.75 Å². The van der Waals surface area contributed by atoms with E-state index < -0.39 is 5.91 Å². The number of amides is 1. The predicted octanol–water partition coefficient (Wildman–Crippen LogP) is 0.523. The molecular formula is C12H11N5O2S. The first kappa shape index (κ1) is 13.8. The van der Waals surface area contributed by atoms with Crippen molar-refractivity contribution in [2.24, 2.45) is 5.73 Å². The lowest BCUT2D eigenvalue weighted by molar-refractivity contribution is -0.118. The maximum Gasteiger partial charge on any atom is 0.264 e. The number of para-hydroxylation sites is 1. The number of nitrogens with one attached hydrogen (secondary N) is 1. The van der Waals surface area contributed by atoms with Crippen LogP contribution in [0.1, 0.15) is 5.56 Å². The molecule has 2 rings (SSSR count). The summed E-state index contributed by atoms with van der Waals surface area (Å²) in [6, 6.07) is 6.95. The van der Waals surface area contributed by atoms with E-state index in [0.29, 0.717) is 11.3 Å². The molecular weight excluding hydrogens is 278 g/mol. The minimum Gasteiger partial charge on any atom is -0.483 e. The Morgan fingerprint density at radius 3 is 2.85 bits per heavy atom. The van der Waals surface area contributed by atoms with Crippen molar-refractivity contribution in [2.75, 3.05) is 11.9 Å². The van der Waals surface area contributed by atoms with Crippen LogP contribution in [0.15, 0.2) is 36.7 Å². The molecule has 1 heterocycles. The number of carbonyl (C=O) groups is 1. The minimum absolute atomic E-state index is 0.115. The average molecular weight is 289 g/mol. The van der Waals surface area contributed by atoms with Gasteiger partial charge in [-0.15, -0.1) is 5.10 Å². The third-order valence-corrected chi connectivity index (χ3v) is 2.47. The number of benzene rings is 1. The molecule has 0 aliphatic carbocycles. The molecule has 0 aliphatic rings. The summed E-state index contributed by atoms with van der Waals surface area (Å²) in [6.45, 7) is -0.210. The third-order valence-electron chi connectivity index (χ3n) is 2.25.